The van der Waals surface area contributed by atoms with Crippen LogP contribution in [0.1, 0.15) is 127 Å². The molecule has 0 amide bonds. The van der Waals surface area contributed by atoms with Gasteiger partial charge in [-0.15, -0.1) is 0 Å². The van der Waals surface area contributed by atoms with E-state index in [0.717, 1.165) is 68.0 Å². The quantitative estimate of drug-likeness (QED) is 0.127. The zero-order valence-electron chi connectivity index (χ0n) is 24.1. The molecule has 0 radical (unpaired) electrons. The van der Waals surface area contributed by atoms with E-state index >= 15 is 0 Å². The van der Waals surface area contributed by atoms with Crippen molar-refractivity contribution in [3.05, 3.63) is 0 Å². The lowest BCUT2D eigenvalue weighted by Gasteiger charge is -2.26. The Hall–Kier alpha value is -0.120. The first-order chi connectivity index (χ1) is 15.5. The van der Waals surface area contributed by atoms with Gasteiger partial charge >= 0.3 is 0 Å². The molecule has 8 unspecified atom stereocenters. The Morgan fingerprint density at radius 2 is 0.879 bits per heavy atom. The number of rotatable bonds is 22. The summed E-state index contributed by atoms with van der Waals surface area (Å²) in [4.78, 5) is 0. The highest BCUT2D eigenvalue weighted by Gasteiger charge is 2.19. The van der Waals surface area contributed by atoms with Crippen LogP contribution in [0.15, 0.2) is 0 Å². The van der Waals surface area contributed by atoms with Gasteiger partial charge in [-0.3, -0.25) is 0 Å². The number of aliphatic hydroxyl groups excluding tert-OH is 1. The molecule has 8 atom stereocenters. The number of aliphatic hydroxyl groups is 1. The van der Waals surface area contributed by atoms with Crippen LogP contribution in [0.25, 0.3) is 0 Å². The van der Waals surface area contributed by atoms with Crippen molar-refractivity contribution in [3.63, 3.8) is 0 Å². The van der Waals surface area contributed by atoms with E-state index in [2.05, 4.69) is 55.4 Å². The third-order valence-corrected chi connectivity index (χ3v) is 7.07. The fourth-order valence-corrected chi connectivity index (χ4v) is 6.25. The van der Waals surface area contributed by atoms with Crippen LogP contribution in [0.3, 0.4) is 0 Å². The fourth-order valence-electron chi connectivity index (χ4n) is 6.25. The molecule has 0 aliphatic rings. The van der Waals surface area contributed by atoms with Gasteiger partial charge in [-0.25, -0.2) is 0 Å². The van der Waals surface area contributed by atoms with Crippen LogP contribution in [0.5, 0.6) is 0 Å². The van der Waals surface area contributed by atoms with Gasteiger partial charge in [0.2, 0.25) is 0 Å². The lowest BCUT2D eigenvalue weighted by Crippen LogP contribution is -2.15. The summed E-state index contributed by atoms with van der Waals surface area (Å²) in [6.07, 6.45) is 12.2. The van der Waals surface area contributed by atoms with Gasteiger partial charge in [0.05, 0.1) is 6.10 Å². The SMILES string of the molecule is CCCOCOCCCC(C)CC(C)CC(C)CC(C)CC(C)CC(C)CC(C)CC(C)O. The Labute approximate surface area is 208 Å². The van der Waals surface area contributed by atoms with E-state index in [1.54, 1.807) is 0 Å². The maximum Gasteiger partial charge on any atom is 0.146 e. The minimum absolute atomic E-state index is 0.166. The zero-order chi connectivity index (χ0) is 25.2. The van der Waals surface area contributed by atoms with Crippen molar-refractivity contribution < 1.29 is 14.6 Å². The Kier molecular flexibility index (Phi) is 20.0. The summed E-state index contributed by atoms with van der Waals surface area (Å²) in [7, 11) is 0. The van der Waals surface area contributed by atoms with Crippen molar-refractivity contribution >= 4 is 0 Å². The van der Waals surface area contributed by atoms with Crippen LogP contribution in [0, 0.1) is 41.4 Å². The average molecular weight is 471 g/mol. The molecule has 0 aromatic carbocycles. The van der Waals surface area contributed by atoms with Gasteiger partial charge in [0.25, 0.3) is 0 Å². The fraction of sp³-hybridized carbons (Fsp3) is 1.00. The molecule has 3 nitrogen and oxygen atoms in total. The maximum atomic E-state index is 9.60. The lowest BCUT2D eigenvalue weighted by atomic mass is 9.80. The van der Waals surface area contributed by atoms with Crippen molar-refractivity contribution in [3.8, 4) is 0 Å². The van der Waals surface area contributed by atoms with Crippen molar-refractivity contribution in [2.45, 2.75) is 133 Å². The van der Waals surface area contributed by atoms with Gasteiger partial charge in [-0.1, -0.05) is 55.4 Å². The van der Waals surface area contributed by atoms with Crippen molar-refractivity contribution in [2.24, 2.45) is 41.4 Å². The molecule has 0 spiro atoms. The monoisotopic (exact) mass is 470 g/mol. The minimum atomic E-state index is -0.166. The summed E-state index contributed by atoms with van der Waals surface area (Å²) in [5.41, 5.74) is 0. The van der Waals surface area contributed by atoms with Crippen molar-refractivity contribution in [1.29, 1.82) is 0 Å². The zero-order valence-corrected chi connectivity index (χ0v) is 24.1. The molecule has 3 heteroatoms. The molecule has 0 rings (SSSR count). The minimum Gasteiger partial charge on any atom is -0.393 e. The molecule has 33 heavy (non-hydrogen) atoms. The van der Waals surface area contributed by atoms with Gasteiger partial charge in [0.15, 0.2) is 0 Å². The Balaban J connectivity index is 3.98. The van der Waals surface area contributed by atoms with E-state index in [9.17, 15) is 5.11 Å². The van der Waals surface area contributed by atoms with E-state index < -0.39 is 0 Å². The molecule has 0 aliphatic carbocycles. The average Bonchev–Trinajstić information content (AvgIpc) is 2.65. The van der Waals surface area contributed by atoms with Gasteiger partial charge in [0, 0.05) is 13.2 Å². The normalized spacial score (nSPS) is 19.5. The van der Waals surface area contributed by atoms with Gasteiger partial charge in [-0.05, 0) is 113 Å². The van der Waals surface area contributed by atoms with E-state index in [4.69, 9.17) is 9.47 Å². The Morgan fingerprint density at radius 1 is 0.515 bits per heavy atom. The van der Waals surface area contributed by atoms with Crippen LogP contribution in [-0.2, 0) is 9.47 Å². The summed E-state index contributed by atoms with van der Waals surface area (Å²) in [5.74, 6) is 5.40. The summed E-state index contributed by atoms with van der Waals surface area (Å²) in [6.45, 7) is 23.0. The molecule has 1 N–H and O–H groups in total. The highest BCUT2D eigenvalue weighted by atomic mass is 16.7. The van der Waals surface area contributed by atoms with E-state index in [1.807, 2.05) is 6.92 Å². The molecule has 200 valence electrons. The summed E-state index contributed by atoms with van der Waals surface area (Å²) in [6, 6.07) is 0. The molecule has 0 aliphatic heterocycles. The number of ether oxygens (including phenoxy) is 2. The first kappa shape index (κ1) is 32.9. The van der Waals surface area contributed by atoms with Crippen molar-refractivity contribution in [2.75, 3.05) is 20.0 Å². The van der Waals surface area contributed by atoms with Crippen LogP contribution in [0.4, 0.5) is 0 Å². The van der Waals surface area contributed by atoms with Gasteiger partial charge in [-0.2, -0.15) is 0 Å². The summed E-state index contributed by atoms with van der Waals surface area (Å²) < 4.78 is 10.9. The molecule has 0 saturated carbocycles. The highest BCUT2D eigenvalue weighted by molar-refractivity contribution is 4.70. The first-order valence-corrected chi connectivity index (χ1v) is 14.4. The largest absolute Gasteiger partial charge is 0.393 e. The lowest BCUT2D eigenvalue weighted by molar-refractivity contribution is -0.0549. The number of hydrogen-bond acceptors (Lipinski definition) is 3. The predicted molar refractivity (Wildman–Crippen MR) is 144 cm³/mol. The molecule has 0 bridgehead atoms. The molecule has 0 aromatic rings. The molecular formula is C30H62O3. The van der Waals surface area contributed by atoms with Crippen molar-refractivity contribution in [1.82, 2.24) is 0 Å². The Bertz CT molecular complexity index is 425. The predicted octanol–water partition coefficient (Wildman–Crippen LogP) is 8.73. The second-order valence-electron chi connectivity index (χ2n) is 12.3. The van der Waals surface area contributed by atoms with E-state index in [1.165, 1.54) is 44.9 Å². The smallest absolute Gasteiger partial charge is 0.146 e. The summed E-state index contributed by atoms with van der Waals surface area (Å²) >= 11 is 0. The second-order valence-corrected chi connectivity index (χ2v) is 12.3. The maximum absolute atomic E-state index is 9.60. The second kappa shape index (κ2) is 20.1. The molecule has 0 aromatic heterocycles. The van der Waals surface area contributed by atoms with Crippen LogP contribution < -0.4 is 0 Å². The van der Waals surface area contributed by atoms with Gasteiger partial charge in [0.1, 0.15) is 6.79 Å². The molecular weight excluding hydrogens is 408 g/mol. The summed E-state index contributed by atoms with van der Waals surface area (Å²) in [5, 5.41) is 9.60. The van der Waals surface area contributed by atoms with E-state index in [0.29, 0.717) is 12.7 Å². The number of hydrogen-bond donors (Lipinski definition) is 1. The van der Waals surface area contributed by atoms with Crippen LogP contribution in [0.2, 0.25) is 0 Å². The first-order valence-electron chi connectivity index (χ1n) is 14.4. The third kappa shape index (κ3) is 20.9. The molecule has 0 fully saturated rings. The Morgan fingerprint density at radius 3 is 1.27 bits per heavy atom. The van der Waals surface area contributed by atoms with E-state index in [-0.39, 0.29) is 6.10 Å². The van der Waals surface area contributed by atoms with Gasteiger partial charge < -0.3 is 14.6 Å². The standard InChI is InChI=1S/C30H62O3/c1-10-13-32-22-33-14-11-12-23(2)15-24(3)16-25(4)17-26(5)18-27(6)19-28(7)20-29(8)21-30(9)31/h23-31H,10-22H2,1-9H3. The highest BCUT2D eigenvalue weighted by Crippen LogP contribution is 2.30. The van der Waals surface area contributed by atoms with Crippen LogP contribution in [-0.4, -0.2) is 31.2 Å². The molecule has 0 saturated heterocycles. The van der Waals surface area contributed by atoms with Crippen LogP contribution >= 0.6 is 0 Å². The third-order valence-electron chi connectivity index (χ3n) is 7.07. The molecule has 0 heterocycles. The topological polar surface area (TPSA) is 38.7 Å².